The van der Waals surface area contributed by atoms with Crippen molar-refractivity contribution in [3.8, 4) is 0 Å². The van der Waals surface area contributed by atoms with Crippen molar-refractivity contribution < 1.29 is 0 Å². The molecule has 0 atom stereocenters. The maximum absolute atomic E-state index is 7.85. The van der Waals surface area contributed by atoms with Crippen molar-refractivity contribution in [3.63, 3.8) is 0 Å². The second-order valence-electron chi connectivity index (χ2n) is 4.74. The molecule has 0 bridgehead atoms. The molecule has 2 aromatic carbocycles. The Morgan fingerprint density at radius 3 is 2.38 bits per heavy atom. The van der Waals surface area contributed by atoms with Gasteiger partial charge in [0.1, 0.15) is 0 Å². The molecule has 0 radical (unpaired) electrons. The van der Waals surface area contributed by atoms with Gasteiger partial charge in [-0.3, -0.25) is 0 Å². The monoisotopic (exact) mass is 321 g/mol. The van der Waals surface area contributed by atoms with E-state index in [2.05, 4.69) is 10.6 Å². The van der Waals surface area contributed by atoms with Crippen LogP contribution in [0.1, 0.15) is 18.1 Å². The zero-order valence-electron chi connectivity index (χ0n) is 11.9. The van der Waals surface area contributed by atoms with E-state index in [-0.39, 0.29) is 0 Å². The van der Waals surface area contributed by atoms with Crippen molar-refractivity contribution in [3.05, 3.63) is 57.6 Å². The van der Waals surface area contributed by atoms with Crippen LogP contribution in [-0.4, -0.2) is 12.8 Å². The van der Waals surface area contributed by atoms with Gasteiger partial charge in [0, 0.05) is 35.6 Å². The van der Waals surface area contributed by atoms with Gasteiger partial charge in [0.25, 0.3) is 0 Å². The molecular formula is C16H17Cl2N3. The summed E-state index contributed by atoms with van der Waals surface area (Å²) in [4.78, 5) is 0. The zero-order chi connectivity index (χ0) is 15.4. The second-order valence-corrected chi connectivity index (χ2v) is 5.58. The van der Waals surface area contributed by atoms with E-state index < -0.39 is 0 Å². The molecule has 3 nitrogen and oxygen atoms in total. The van der Waals surface area contributed by atoms with Crippen molar-refractivity contribution in [2.24, 2.45) is 0 Å². The van der Waals surface area contributed by atoms with Crippen molar-refractivity contribution in [1.82, 2.24) is 0 Å². The molecule has 0 aliphatic heterocycles. The molecular weight excluding hydrogens is 305 g/mol. The highest BCUT2D eigenvalue weighted by Gasteiger charge is 2.10. The number of anilines is 2. The predicted octanol–water partition coefficient (Wildman–Crippen LogP) is 5.03. The van der Waals surface area contributed by atoms with Crippen LogP contribution in [-0.2, 0) is 6.54 Å². The number of benzene rings is 2. The van der Waals surface area contributed by atoms with E-state index in [1.807, 2.05) is 36.4 Å². The molecule has 0 fully saturated rings. The summed E-state index contributed by atoms with van der Waals surface area (Å²) in [6.07, 6.45) is 0. The van der Waals surface area contributed by atoms with Crippen molar-refractivity contribution in [1.29, 1.82) is 5.41 Å². The first-order chi connectivity index (χ1) is 10.0. The molecule has 0 saturated carbocycles. The second kappa shape index (κ2) is 6.83. The fourth-order valence-electron chi connectivity index (χ4n) is 2.06. The minimum Gasteiger partial charge on any atom is -0.386 e. The third-order valence-electron chi connectivity index (χ3n) is 3.15. The van der Waals surface area contributed by atoms with Gasteiger partial charge in [-0.25, -0.2) is 0 Å². The Bertz CT molecular complexity index is 651. The lowest BCUT2D eigenvalue weighted by molar-refractivity contribution is 1.15. The Morgan fingerprint density at radius 2 is 1.81 bits per heavy atom. The van der Waals surface area contributed by atoms with Crippen LogP contribution in [0.4, 0.5) is 11.4 Å². The molecule has 0 spiro atoms. The predicted molar refractivity (Wildman–Crippen MR) is 92.3 cm³/mol. The average molecular weight is 322 g/mol. The molecule has 0 aliphatic carbocycles. The summed E-state index contributed by atoms with van der Waals surface area (Å²) in [7, 11) is 1.80. The smallest absolute Gasteiger partial charge is 0.0664 e. The molecule has 2 rings (SSSR count). The highest BCUT2D eigenvalue weighted by atomic mass is 35.5. The van der Waals surface area contributed by atoms with Gasteiger partial charge in [0.2, 0.25) is 0 Å². The van der Waals surface area contributed by atoms with Gasteiger partial charge in [0.15, 0.2) is 0 Å². The summed E-state index contributed by atoms with van der Waals surface area (Å²) in [5, 5.41) is 15.5. The molecule has 2 aromatic rings. The minimum atomic E-state index is 0.469. The van der Waals surface area contributed by atoms with Gasteiger partial charge < -0.3 is 16.0 Å². The third-order valence-corrected chi connectivity index (χ3v) is 3.70. The maximum atomic E-state index is 7.85. The first-order valence-electron chi connectivity index (χ1n) is 6.56. The fraction of sp³-hybridized carbons (Fsp3) is 0.188. The van der Waals surface area contributed by atoms with E-state index in [1.54, 1.807) is 14.0 Å². The van der Waals surface area contributed by atoms with E-state index in [0.29, 0.717) is 17.3 Å². The van der Waals surface area contributed by atoms with Crippen LogP contribution in [0.2, 0.25) is 10.0 Å². The number of halogens is 2. The summed E-state index contributed by atoms with van der Waals surface area (Å²) in [5.74, 6) is 0. The summed E-state index contributed by atoms with van der Waals surface area (Å²) in [6, 6.07) is 11.5. The van der Waals surface area contributed by atoms with Crippen molar-refractivity contribution in [2.75, 3.05) is 17.7 Å². The van der Waals surface area contributed by atoms with Gasteiger partial charge in [-0.1, -0.05) is 35.3 Å². The van der Waals surface area contributed by atoms with Crippen LogP contribution in [0.25, 0.3) is 0 Å². The molecule has 0 saturated heterocycles. The molecule has 0 amide bonds. The van der Waals surface area contributed by atoms with Gasteiger partial charge in [-0.2, -0.15) is 0 Å². The lowest BCUT2D eigenvalue weighted by atomic mass is 10.1. The standard InChI is InChI=1S/C16H17Cl2N3/c1-10(19)14-7-13(8-15(18)16(14)20-2)21-9-11-3-5-12(17)6-4-11/h3-8,19-21H,9H2,1-2H3. The molecule has 0 aromatic heterocycles. The summed E-state index contributed by atoms with van der Waals surface area (Å²) in [6.45, 7) is 2.42. The maximum Gasteiger partial charge on any atom is 0.0664 e. The number of rotatable bonds is 5. The lowest BCUT2D eigenvalue weighted by Crippen LogP contribution is -2.05. The number of hydrogen-bond acceptors (Lipinski definition) is 3. The normalized spacial score (nSPS) is 10.3. The molecule has 5 heteroatoms. The Kier molecular flexibility index (Phi) is 5.10. The highest BCUT2D eigenvalue weighted by molar-refractivity contribution is 6.34. The number of nitrogens with one attached hydrogen (secondary N) is 3. The minimum absolute atomic E-state index is 0.469. The first kappa shape index (κ1) is 15.7. The van der Waals surface area contributed by atoms with Crippen LogP contribution < -0.4 is 10.6 Å². The fourth-order valence-corrected chi connectivity index (χ4v) is 2.50. The summed E-state index contributed by atoms with van der Waals surface area (Å²) >= 11 is 12.1. The van der Waals surface area contributed by atoms with Gasteiger partial charge >= 0.3 is 0 Å². The third kappa shape index (κ3) is 3.90. The molecule has 0 heterocycles. The van der Waals surface area contributed by atoms with Crippen LogP contribution >= 0.6 is 23.2 Å². The Labute approximate surface area is 134 Å². The van der Waals surface area contributed by atoms with Crippen LogP contribution in [0.3, 0.4) is 0 Å². The molecule has 0 aliphatic rings. The van der Waals surface area contributed by atoms with Gasteiger partial charge in [-0.05, 0) is 36.8 Å². The van der Waals surface area contributed by atoms with Crippen molar-refractivity contribution >= 4 is 40.3 Å². The Hall–Kier alpha value is -1.71. The van der Waals surface area contributed by atoms with Gasteiger partial charge in [-0.15, -0.1) is 0 Å². The van der Waals surface area contributed by atoms with Crippen LogP contribution in [0.5, 0.6) is 0 Å². The lowest BCUT2D eigenvalue weighted by Gasteiger charge is -2.14. The van der Waals surface area contributed by atoms with E-state index in [1.165, 1.54) is 0 Å². The van der Waals surface area contributed by atoms with Crippen molar-refractivity contribution in [2.45, 2.75) is 13.5 Å². The summed E-state index contributed by atoms with van der Waals surface area (Å²) < 4.78 is 0. The number of hydrogen-bond donors (Lipinski definition) is 3. The van der Waals surface area contributed by atoms with Gasteiger partial charge in [0.05, 0.1) is 10.7 Å². The Morgan fingerprint density at radius 1 is 1.14 bits per heavy atom. The molecule has 0 unspecified atom stereocenters. The zero-order valence-corrected chi connectivity index (χ0v) is 13.4. The molecule has 21 heavy (non-hydrogen) atoms. The average Bonchev–Trinajstić information content (AvgIpc) is 2.46. The van der Waals surface area contributed by atoms with E-state index in [9.17, 15) is 0 Å². The van der Waals surface area contributed by atoms with Crippen LogP contribution in [0, 0.1) is 5.41 Å². The van der Waals surface area contributed by atoms with E-state index in [4.69, 9.17) is 28.6 Å². The highest BCUT2D eigenvalue weighted by Crippen LogP contribution is 2.30. The quantitative estimate of drug-likeness (QED) is 0.676. The Balaban J connectivity index is 2.20. The topological polar surface area (TPSA) is 47.9 Å². The molecule has 110 valence electrons. The van der Waals surface area contributed by atoms with E-state index in [0.717, 1.165) is 27.5 Å². The summed E-state index contributed by atoms with van der Waals surface area (Å²) in [5.41, 5.74) is 4.05. The SMILES string of the molecule is CNc1c(Cl)cc(NCc2ccc(Cl)cc2)cc1C(C)=N. The van der Waals surface area contributed by atoms with E-state index >= 15 is 0 Å². The largest absolute Gasteiger partial charge is 0.386 e. The molecule has 3 N–H and O–H groups in total. The first-order valence-corrected chi connectivity index (χ1v) is 7.32. The van der Waals surface area contributed by atoms with Crippen LogP contribution in [0.15, 0.2) is 36.4 Å².